The van der Waals surface area contributed by atoms with Crippen molar-refractivity contribution >= 4 is 58.4 Å². The standard InChI is InChI=1S/C81H74N2/c1-5-8-16-65-30-56-80(60(4)58-65)82(76-48-26-63(27-49-76)24-22-61-18-12-10-13-19-61)78-52-44-74(45-53-78)72-40-36-70(37-41-72)68-32-34-69(35-33-68)71-38-42-73(43-39-71)75-46-54-79(55-47-75)83(81-57-31-66(17-9-6-2)59-67(81)7-3)77-50-28-64(29-51-77)25-23-62-20-14-11-15-21-62/h10-15,18-59H,5-9,16-17H2,1-4H3. The van der Waals surface area contributed by atoms with Gasteiger partial charge in [0.15, 0.2) is 0 Å². The van der Waals surface area contributed by atoms with Crippen LogP contribution in [0.3, 0.4) is 0 Å². The molecule has 0 N–H and O–H groups in total. The summed E-state index contributed by atoms with van der Waals surface area (Å²) in [5.41, 5.74) is 26.7. The van der Waals surface area contributed by atoms with E-state index in [0.717, 1.165) is 42.0 Å². The van der Waals surface area contributed by atoms with Gasteiger partial charge in [-0.25, -0.2) is 0 Å². The number of unbranched alkanes of at least 4 members (excludes halogenated alkanes) is 2. The molecule has 0 spiro atoms. The second kappa shape index (κ2) is 26.8. The SMILES string of the molecule is CCCCc1ccc(N(c2ccc(C=Cc3ccccc3)cc2)c2ccc(-c3ccc(-c4ccc(-c5ccc(-c6ccc(N(c7ccc(C=Cc8ccccc8)cc7)c7ccc(CCCC)cc7CC)cc6)cc5)cc4)cc3)cc2)c(C)c1. The maximum Gasteiger partial charge on any atom is 0.0493 e. The average Bonchev–Trinajstić information content (AvgIpc) is 3.68. The molecule has 83 heavy (non-hydrogen) atoms. The van der Waals surface area contributed by atoms with Gasteiger partial charge in [-0.2, -0.15) is 0 Å². The van der Waals surface area contributed by atoms with Crippen molar-refractivity contribution < 1.29 is 0 Å². The first-order valence-corrected chi connectivity index (χ1v) is 29.9. The Labute approximate surface area is 494 Å². The first kappa shape index (κ1) is 55.4. The van der Waals surface area contributed by atoms with Gasteiger partial charge in [0.25, 0.3) is 0 Å². The molecule has 11 aromatic rings. The topological polar surface area (TPSA) is 6.48 Å². The molecule has 2 heteroatoms. The van der Waals surface area contributed by atoms with Crippen LogP contribution >= 0.6 is 0 Å². The highest BCUT2D eigenvalue weighted by Crippen LogP contribution is 2.41. The highest BCUT2D eigenvalue weighted by Gasteiger charge is 2.18. The van der Waals surface area contributed by atoms with Crippen LogP contribution in [-0.2, 0) is 19.3 Å². The fourth-order valence-corrected chi connectivity index (χ4v) is 11.2. The Morgan fingerprint density at radius 2 is 0.578 bits per heavy atom. The predicted molar refractivity (Wildman–Crippen MR) is 360 cm³/mol. The quantitative estimate of drug-likeness (QED) is 0.0662. The van der Waals surface area contributed by atoms with Crippen LogP contribution in [0.1, 0.15) is 91.0 Å². The minimum absolute atomic E-state index is 0.960. The van der Waals surface area contributed by atoms with E-state index in [-0.39, 0.29) is 0 Å². The van der Waals surface area contributed by atoms with E-state index < -0.39 is 0 Å². The summed E-state index contributed by atoms with van der Waals surface area (Å²) in [6, 6.07) is 97.9. The smallest absolute Gasteiger partial charge is 0.0493 e. The van der Waals surface area contributed by atoms with Gasteiger partial charge in [-0.15, -0.1) is 0 Å². The van der Waals surface area contributed by atoms with Crippen molar-refractivity contribution in [3.63, 3.8) is 0 Å². The van der Waals surface area contributed by atoms with Gasteiger partial charge in [-0.3, -0.25) is 0 Å². The molecule has 408 valence electrons. The number of nitrogens with zero attached hydrogens (tertiary/aromatic N) is 2. The van der Waals surface area contributed by atoms with Crippen molar-refractivity contribution in [1.29, 1.82) is 0 Å². The predicted octanol–water partition coefficient (Wildman–Crippen LogP) is 23.2. The summed E-state index contributed by atoms with van der Waals surface area (Å²) in [4.78, 5) is 4.82. The van der Waals surface area contributed by atoms with Crippen LogP contribution in [0.5, 0.6) is 0 Å². The molecule has 0 amide bonds. The zero-order chi connectivity index (χ0) is 56.7. The number of benzene rings is 11. The van der Waals surface area contributed by atoms with Crippen LogP contribution in [-0.4, -0.2) is 0 Å². The molecule has 0 radical (unpaired) electrons. The zero-order valence-electron chi connectivity index (χ0n) is 48.6. The van der Waals surface area contributed by atoms with Gasteiger partial charge in [0.2, 0.25) is 0 Å². The summed E-state index contributed by atoms with van der Waals surface area (Å²) in [5.74, 6) is 0. The van der Waals surface area contributed by atoms with Gasteiger partial charge in [0.05, 0.1) is 0 Å². The Kier molecular flexibility index (Phi) is 17.9. The van der Waals surface area contributed by atoms with E-state index in [1.807, 2.05) is 0 Å². The molecule has 0 heterocycles. The summed E-state index contributed by atoms with van der Waals surface area (Å²) in [6.07, 6.45) is 16.7. The van der Waals surface area contributed by atoms with E-state index in [0.29, 0.717) is 0 Å². The van der Waals surface area contributed by atoms with Gasteiger partial charge < -0.3 is 9.80 Å². The van der Waals surface area contributed by atoms with Gasteiger partial charge in [-0.05, 0) is 189 Å². The van der Waals surface area contributed by atoms with Gasteiger partial charge in [0.1, 0.15) is 0 Å². The second-order valence-corrected chi connectivity index (χ2v) is 21.8. The van der Waals surface area contributed by atoms with Gasteiger partial charge in [0, 0.05) is 34.1 Å². The van der Waals surface area contributed by atoms with E-state index >= 15 is 0 Å². The maximum absolute atomic E-state index is 2.42. The Bertz CT molecular complexity index is 3890. The number of rotatable bonds is 21. The largest absolute Gasteiger partial charge is 0.310 e. The third-order valence-electron chi connectivity index (χ3n) is 16.0. The molecule has 0 atom stereocenters. The van der Waals surface area contributed by atoms with Crippen molar-refractivity contribution in [3.05, 3.63) is 311 Å². The van der Waals surface area contributed by atoms with Crippen LogP contribution in [0.15, 0.2) is 267 Å². The second-order valence-electron chi connectivity index (χ2n) is 21.8. The monoisotopic (exact) mass is 1070 g/mol. The molecule has 0 aliphatic carbocycles. The minimum atomic E-state index is 0.960. The summed E-state index contributed by atoms with van der Waals surface area (Å²) in [7, 11) is 0. The minimum Gasteiger partial charge on any atom is -0.310 e. The summed E-state index contributed by atoms with van der Waals surface area (Å²) in [6.45, 7) is 9.04. The van der Waals surface area contributed by atoms with E-state index in [9.17, 15) is 0 Å². The fourth-order valence-electron chi connectivity index (χ4n) is 11.2. The van der Waals surface area contributed by atoms with Gasteiger partial charge >= 0.3 is 0 Å². The van der Waals surface area contributed by atoms with Crippen molar-refractivity contribution in [2.45, 2.75) is 72.6 Å². The van der Waals surface area contributed by atoms with E-state index in [2.05, 4.69) is 329 Å². The van der Waals surface area contributed by atoms with Crippen molar-refractivity contribution in [2.75, 3.05) is 9.80 Å². The normalized spacial score (nSPS) is 11.4. The van der Waals surface area contributed by atoms with Crippen LogP contribution in [0, 0.1) is 6.92 Å². The van der Waals surface area contributed by atoms with E-state index in [1.54, 1.807) is 0 Å². The zero-order valence-corrected chi connectivity index (χ0v) is 48.6. The van der Waals surface area contributed by atoms with Crippen LogP contribution in [0.2, 0.25) is 0 Å². The average molecular weight is 1080 g/mol. The number of hydrogen-bond donors (Lipinski definition) is 0. The molecule has 0 aliphatic heterocycles. The molecule has 0 saturated carbocycles. The molecule has 0 unspecified atom stereocenters. The lowest BCUT2D eigenvalue weighted by molar-refractivity contribution is 0.794. The number of anilines is 6. The van der Waals surface area contributed by atoms with Crippen LogP contribution in [0.4, 0.5) is 34.1 Å². The number of aryl methyl sites for hydroxylation is 4. The summed E-state index contributed by atoms with van der Waals surface area (Å²) >= 11 is 0. The van der Waals surface area contributed by atoms with Crippen LogP contribution < -0.4 is 9.80 Å². The Morgan fingerprint density at radius 1 is 0.289 bits per heavy atom. The third kappa shape index (κ3) is 13.6. The van der Waals surface area contributed by atoms with E-state index in [4.69, 9.17) is 0 Å². The Hall–Kier alpha value is -9.50. The van der Waals surface area contributed by atoms with Crippen molar-refractivity contribution in [2.24, 2.45) is 0 Å². The van der Waals surface area contributed by atoms with Crippen molar-refractivity contribution in [1.82, 2.24) is 0 Å². The molecule has 0 saturated heterocycles. The number of hydrogen-bond acceptors (Lipinski definition) is 2. The van der Waals surface area contributed by atoms with Crippen molar-refractivity contribution in [3.8, 4) is 44.5 Å². The molecular formula is C81H74N2. The molecule has 0 aliphatic rings. The molecule has 2 nitrogen and oxygen atoms in total. The first-order chi connectivity index (χ1) is 40.9. The lowest BCUT2D eigenvalue weighted by Gasteiger charge is -2.28. The lowest BCUT2D eigenvalue weighted by atomic mass is 9.96. The molecule has 0 fully saturated rings. The third-order valence-corrected chi connectivity index (χ3v) is 16.0. The Balaban J connectivity index is 0.775. The highest BCUT2D eigenvalue weighted by molar-refractivity contribution is 5.84. The molecule has 0 bridgehead atoms. The maximum atomic E-state index is 2.42. The molecular weight excluding hydrogens is 1000 g/mol. The fraction of sp³-hybridized carbons (Fsp3) is 0.136. The van der Waals surface area contributed by atoms with Gasteiger partial charge in [-0.1, -0.05) is 264 Å². The summed E-state index contributed by atoms with van der Waals surface area (Å²) in [5, 5.41) is 0. The first-order valence-electron chi connectivity index (χ1n) is 29.9. The summed E-state index contributed by atoms with van der Waals surface area (Å²) < 4.78 is 0. The highest BCUT2D eigenvalue weighted by atomic mass is 15.1. The Morgan fingerprint density at radius 3 is 0.904 bits per heavy atom. The van der Waals surface area contributed by atoms with E-state index in [1.165, 1.54) is 126 Å². The lowest BCUT2D eigenvalue weighted by Crippen LogP contribution is -2.12. The molecule has 11 rings (SSSR count). The van der Waals surface area contributed by atoms with Crippen LogP contribution in [0.25, 0.3) is 68.8 Å². The molecule has 11 aromatic carbocycles. The molecule has 0 aromatic heterocycles.